The van der Waals surface area contributed by atoms with Crippen molar-refractivity contribution in [2.75, 3.05) is 37.6 Å². The molecule has 1 saturated heterocycles. The van der Waals surface area contributed by atoms with Crippen molar-refractivity contribution in [1.82, 2.24) is 15.2 Å². The molecule has 1 aromatic heterocycles. The van der Waals surface area contributed by atoms with Crippen LogP contribution in [0, 0.1) is 11.6 Å². The predicted molar refractivity (Wildman–Crippen MR) is 91.7 cm³/mol. The van der Waals surface area contributed by atoms with Crippen molar-refractivity contribution in [3.05, 3.63) is 59.8 Å². The van der Waals surface area contributed by atoms with Crippen LogP contribution in [0.15, 0.2) is 42.6 Å². The van der Waals surface area contributed by atoms with Crippen LogP contribution in [0.1, 0.15) is 10.4 Å². The molecule has 0 spiro atoms. The lowest BCUT2D eigenvalue weighted by Gasteiger charge is -2.35. The van der Waals surface area contributed by atoms with Crippen LogP contribution in [-0.4, -0.2) is 54.4 Å². The first-order valence-corrected chi connectivity index (χ1v) is 8.21. The lowest BCUT2D eigenvalue weighted by Crippen LogP contribution is -2.51. The van der Waals surface area contributed by atoms with E-state index in [2.05, 4.69) is 15.2 Å². The number of nitrogens with zero attached hydrogens (tertiary/aromatic N) is 3. The number of hydrogen-bond donors (Lipinski definition) is 1. The fourth-order valence-electron chi connectivity index (χ4n) is 2.73. The highest BCUT2D eigenvalue weighted by Gasteiger charge is 2.22. The third-order valence-corrected chi connectivity index (χ3v) is 4.19. The number of benzene rings is 1. The van der Waals surface area contributed by atoms with E-state index in [1.54, 1.807) is 11.1 Å². The van der Waals surface area contributed by atoms with Gasteiger partial charge >= 0.3 is 0 Å². The molecule has 0 atom stereocenters. The van der Waals surface area contributed by atoms with Crippen molar-refractivity contribution in [2.24, 2.45) is 0 Å². The molecular weight excluding hydrogens is 342 g/mol. The molecular formula is C18H18F2N4O2. The molecule has 1 N–H and O–H groups in total. The predicted octanol–water partition coefficient (Wildman–Crippen LogP) is 1.44. The Hall–Kier alpha value is -3.03. The number of anilines is 1. The number of piperazine rings is 1. The molecule has 136 valence electrons. The number of hydrogen-bond acceptors (Lipinski definition) is 4. The molecule has 2 heterocycles. The highest BCUT2D eigenvalue weighted by atomic mass is 19.2. The third kappa shape index (κ3) is 4.14. The van der Waals surface area contributed by atoms with E-state index in [0.717, 1.165) is 18.0 Å². The zero-order chi connectivity index (χ0) is 18.5. The van der Waals surface area contributed by atoms with Gasteiger partial charge in [0.1, 0.15) is 5.82 Å². The number of aromatic nitrogens is 1. The van der Waals surface area contributed by atoms with Gasteiger partial charge in [0.15, 0.2) is 11.6 Å². The lowest BCUT2D eigenvalue weighted by atomic mass is 10.2. The maximum Gasteiger partial charge on any atom is 0.251 e. The molecule has 0 unspecified atom stereocenters. The molecule has 0 saturated carbocycles. The quantitative estimate of drug-likeness (QED) is 0.896. The maximum atomic E-state index is 13.2. The summed E-state index contributed by atoms with van der Waals surface area (Å²) in [6.45, 7) is 2.16. The van der Waals surface area contributed by atoms with Crippen molar-refractivity contribution >= 4 is 17.6 Å². The molecule has 2 amide bonds. The fourth-order valence-corrected chi connectivity index (χ4v) is 2.73. The largest absolute Gasteiger partial charge is 0.353 e. The standard InChI is InChI=1S/C18H18F2N4O2/c19-14-5-4-13(11-15(14)20)18(26)22-12-17(25)24-9-7-23(8-10-24)16-3-1-2-6-21-16/h1-6,11H,7-10,12H2,(H,22,26). The molecule has 8 heteroatoms. The second-order valence-electron chi connectivity index (χ2n) is 5.87. The van der Waals surface area contributed by atoms with Crippen molar-refractivity contribution in [2.45, 2.75) is 0 Å². The normalized spacial score (nSPS) is 14.2. The van der Waals surface area contributed by atoms with Gasteiger partial charge in [-0.05, 0) is 30.3 Å². The summed E-state index contributed by atoms with van der Waals surface area (Å²) in [5, 5.41) is 2.44. The van der Waals surface area contributed by atoms with E-state index in [0.29, 0.717) is 26.2 Å². The summed E-state index contributed by atoms with van der Waals surface area (Å²) < 4.78 is 26.1. The van der Waals surface area contributed by atoms with Crippen LogP contribution in [-0.2, 0) is 4.79 Å². The first-order valence-electron chi connectivity index (χ1n) is 8.21. The van der Waals surface area contributed by atoms with Gasteiger partial charge in [0.2, 0.25) is 5.91 Å². The Balaban J connectivity index is 1.48. The Morgan fingerprint density at radius 2 is 1.81 bits per heavy atom. The van der Waals surface area contributed by atoms with Crippen molar-refractivity contribution in [3.8, 4) is 0 Å². The molecule has 1 aromatic carbocycles. The Bertz CT molecular complexity index is 793. The van der Waals surface area contributed by atoms with Crippen molar-refractivity contribution in [1.29, 1.82) is 0 Å². The van der Waals surface area contributed by atoms with Gasteiger partial charge in [-0.1, -0.05) is 6.07 Å². The smallest absolute Gasteiger partial charge is 0.251 e. The Labute approximate surface area is 149 Å². The summed E-state index contributed by atoms with van der Waals surface area (Å²) in [5.74, 6) is -2.10. The zero-order valence-corrected chi connectivity index (χ0v) is 14.0. The van der Waals surface area contributed by atoms with Gasteiger partial charge in [-0.3, -0.25) is 9.59 Å². The summed E-state index contributed by atoms with van der Waals surface area (Å²) >= 11 is 0. The van der Waals surface area contributed by atoms with E-state index in [9.17, 15) is 18.4 Å². The average Bonchev–Trinajstić information content (AvgIpc) is 2.68. The van der Waals surface area contributed by atoms with Crippen molar-refractivity contribution in [3.63, 3.8) is 0 Å². The fraction of sp³-hybridized carbons (Fsp3) is 0.278. The van der Waals surface area contributed by atoms with E-state index in [-0.39, 0.29) is 18.0 Å². The number of pyridine rings is 1. The van der Waals surface area contributed by atoms with Crippen LogP contribution in [0.2, 0.25) is 0 Å². The van der Waals surface area contributed by atoms with Crippen LogP contribution in [0.5, 0.6) is 0 Å². The molecule has 1 aliphatic rings. The van der Waals surface area contributed by atoms with Crippen LogP contribution >= 0.6 is 0 Å². The molecule has 3 rings (SSSR count). The van der Waals surface area contributed by atoms with Gasteiger partial charge < -0.3 is 15.1 Å². The van der Waals surface area contributed by atoms with E-state index in [4.69, 9.17) is 0 Å². The zero-order valence-electron chi connectivity index (χ0n) is 14.0. The highest BCUT2D eigenvalue weighted by Crippen LogP contribution is 2.12. The minimum absolute atomic E-state index is 0.0309. The first kappa shape index (κ1) is 17.8. The van der Waals surface area contributed by atoms with Gasteiger partial charge in [-0.25, -0.2) is 13.8 Å². The summed E-state index contributed by atoms with van der Waals surface area (Å²) in [6, 6.07) is 8.53. The molecule has 26 heavy (non-hydrogen) atoms. The number of carbonyl (C=O) groups is 2. The third-order valence-electron chi connectivity index (χ3n) is 4.19. The Kier molecular flexibility index (Phi) is 5.40. The van der Waals surface area contributed by atoms with Gasteiger partial charge in [0, 0.05) is 37.9 Å². The SMILES string of the molecule is O=C(NCC(=O)N1CCN(c2ccccn2)CC1)c1ccc(F)c(F)c1. The minimum atomic E-state index is -1.10. The van der Waals surface area contributed by atoms with E-state index >= 15 is 0 Å². The van der Waals surface area contributed by atoms with Crippen LogP contribution in [0.25, 0.3) is 0 Å². The molecule has 6 nitrogen and oxygen atoms in total. The summed E-state index contributed by atoms with van der Waals surface area (Å²) in [7, 11) is 0. The molecule has 0 aliphatic carbocycles. The number of rotatable bonds is 4. The second-order valence-corrected chi connectivity index (χ2v) is 5.87. The van der Waals surface area contributed by atoms with Crippen molar-refractivity contribution < 1.29 is 18.4 Å². The molecule has 2 aromatic rings. The molecule has 0 bridgehead atoms. The Morgan fingerprint density at radius 3 is 2.46 bits per heavy atom. The van der Waals surface area contributed by atoms with Gasteiger partial charge in [0.25, 0.3) is 5.91 Å². The van der Waals surface area contributed by atoms with E-state index in [1.165, 1.54) is 6.07 Å². The molecule has 0 radical (unpaired) electrons. The minimum Gasteiger partial charge on any atom is -0.353 e. The number of nitrogens with one attached hydrogen (secondary N) is 1. The molecule has 1 fully saturated rings. The number of halogens is 2. The van der Waals surface area contributed by atoms with E-state index < -0.39 is 17.5 Å². The van der Waals surface area contributed by atoms with Gasteiger partial charge in [0.05, 0.1) is 6.54 Å². The lowest BCUT2D eigenvalue weighted by molar-refractivity contribution is -0.130. The monoisotopic (exact) mass is 360 g/mol. The number of amides is 2. The average molecular weight is 360 g/mol. The topological polar surface area (TPSA) is 65.5 Å². The second kappa shape index (κ2) is 7.90. The number of carbonyl (C=O) groups excluding carboxylic acids is 2. The molecule has 1 aliphatic heterocycles. The van der Waals surface area contributed by atoms with Crippen LogP contribution < -0.4 is 10.2 Å². The van der Waals surface area contributed by atoms with Gasteiger partial charge in [-0.15, -0.1) is 0 Å². The first-order chi connectivity index (χ1) is 12.5. The summed E-state index contributed by atoms with van der Waals surface area (Å²) in [6.07, 6.45) is 1.72. The van der Waals surface area contributed by atoms with Crippen LogP contribution in [0.3, 0.4) is 0 Å². The van der Waals surface area contributed by atoms with Crippen LogP contribution in [0.4, 0.5) is 14.6 Å². The Morgan fingerprint density at radius 1 is 1.04 bits per heavy atom. The maximum absolute atomic E-state index is 13.2. The van der Waals surface area contributed by atoms with E-state index in [1.807, 2.05) is 18.2 Å². The summed E-state index contributed by atoms with van der Waals surface area (Å²) in [5.41, 5.74) is -0.0309. The summed E-state index contributed by atoms with van der Waals surface area (Å²) in [4.78, 5) is 32.2. The highest BCUT2D eigenvalue weighted by molar-refractivity contribution is 5.96. The van der Waals surface area contributed by atoms with Gasteiger partial charge in [-0.2, -0.15) is 0 Å².